The Balaban J connectivity index is -0.000000569. The van der Waals surface area contributed by atoms with Crippen molar-refractivity contribution in [3.63, 3.8) is 0 Å². The molecule has 1 fully saturated rings. The zero-order valence-electron chi connectivity index (χ0n) is 66.4. The maximum atomic E-state index is 11.4. The van der Waals surface area contributed by atoms with Gasteiger partial charge in [-0.3, -0.25) is 58.2 Å². The van der Waals surface area contributed by atoms with E-state index in [1.54, 1.807) is 69.9 Å². The lowest BCUT2D eigenvalue weighted by Gasteiger charge is -2.26. The number of aliphatic hydroxyl groups is 5. The number of esters is 6. The number of aliphatic imine (C=N–C) groups is 1. The van der Waals surface area contributed by atoms with Crippen molar-refractivity contribution in [1.82, 2.24) is 29.5 Å². The molecule has 0 unspecified atom stereocenters. The van der Waals surface area contributed by atoms with E-state index in [0.29, 0.717) is 95.9 Å². The molecule has 30 nitrogen and oxygen atoms in total. The Morgan fingerprint density at radius 3 is 1.13 bits per heavy atom. The van der Waals surface area contributed by atoms with Gasteiger partial charge < -0.3 is 84.9 Å². The Bertz CT molecular complexity index is 2640. The van der Waals surface area contributed by atoms with Crippen molar-refractivity contribution >= 4 is 71.1 Å². The van der Waals surface area contributed by atoms with Crippen molar-refractivity contribution in [2.75, 3.05) is 189 Å². The number of pyridine rings is 1. The summed E-state index contributed by atoms with van der Waals surface area (Å²) in [5.41, 5.74) is 16.4. The average molecular weight is 1510 g/mol. The van der Waals surface area contributed by atoms with Crippen LogP contribution in [-0.2, 0) is 66.7 Å². The fraction of sp³-hybridized carbons (Fsp3) is 0.632. The van der Waals surface area contributed by atoms with Gasteiger partial charge in [-0.05, 0) is 74.4 Å². The van der Waals surface area contributed by atoms with Crippen LogP contribution in [0.3, 0.4) is 0 Å². The Kier molecular flexibility index (Phi) is 67.2. The number of carbonyl (C=O) groups is 8. The molecular weight excluding hydrogens is 1370 g/mol. The zero-order chi connectivity index (χ0) is 81.1. The SMILES string of the molecule is C1=CN=CC1.CC(=O)OCCN(CCOC(C)=O)CCOC(C)=O.CC(C)(C)OC(=O)N(CCO)CCO.CC(C)c1cccc(C(C)C)c1N.CCC(=O)OCCN(CCOC(=O)CC)CCOC(=O)CC.CN(C)c1ccncc1.CN1CCCC1=O.Nc1ccccc1.OCCN(CCO)CCO. The number of benzene rings is 2. The molecule has 2 aromatic carbocycles. The van der Waals surface area contributed by atoms with Crippen molar-refractivity contribution in [1.29, 1.82) is 0 Å². The Morgan fingerprint density at radius 1 is 0.538 bits per heavy atom. The number of amides is 2. The van der Waals surface area contributed by atoms with Crippen LogP contribution in [0.4, 0.5) is 21.9 Å². The minimum absolute atomic E-state index is 0.0694. The number of aromatic nitrogens is 1. The summed E-state index contributed by atoms with van der Waals surface area (Å²) in [5.74, 6) is -0.489. The second kappa shape index (κ2) is 68.5. The molecular formula is C76H132N10O20. The van der Waals surface area contributed by atoms with Gasteiger partial charge in [0.2, 0.25) is 5.91 Å². The van der Waals surface area contributed by atoms with Crippen molar-refractivity contribution < 1.29 is 97.0 Å². The van der Waals surface area contributed by atoms with Crippen molar-refractivity contribution in [2.45, 2.75) is 146 Å². The maximum absolute atomic E-state index is 11.4. The average Bonchev–Trinajstić information content (AvgIpc) is 1.00. The Hall–Kier alpha value is -8.36. The number of hydrogen-bond donors (Lipinski definition) is 7. The number of ether oxygens (including phenoxy) is 7. The van der Waals surface area contributed by atoms with Crippen LogP contribution in [0.2, 0.25) is 0 Å². The maximum Gasteiger partial charge on any atom is 0.410 e. The smallest absolute Gasteiger partial charge is 0.410 e. The van der Waals surface area contributed by atoms with Crippen molar-refractivity contribution in [3.05, 3.63) is 96.5 Å². The van der Waals surface area contributed by atoms with Gasteiger partial charge in [0.25, 0.3) is 0 Å². The number of aliphatic hydroxyl groups excluding tert-OH is 5. The quantitative estimate of drug-likeness (QED) is 0.0185. The Labute approximate surface area is 631 Å². The Morgan fingerprint density at radius 2 is 0.906 bits per heavy atom. The summed E-state index contributed by atoms with van der Waals surface area (Å²) in [4.78, 5) is 106. The first-order valence-electron chi connectivity index (χ1n) is 36.0. The minimum Gasteiger partial charge on any atom is -0.465 e. The topological polar surface area (TPSA) is 399 Å². The second-order valence-corrected chi connectivity index (χ2v) is 24.9. The van der Waals surface area contributed by atoms with Gasteiger partial charge in [-0.25, -0.2) is 4.79 Å². The van der Waals surface area contributed by atoms with Crippen LogP contribution in [0.25, 0.3) is 0 Å². The third-order valence-corrected chi connectivity index (χ3v) is 13.9. The number of nitrogen functional groups attached to an aromatic ring is 2. The van der Waals surface area contributed by atoms with E-state index in [1.165, 1.54) is 42.5 Å². The van der Waals surface area contributed by atoms with E-state index in [0.717, 1.165) is 37.2 Å². The van der Waals surface area contributed by atoms with E-state index >= 15 is 0 Å². The van der Waals surface area contributed by atoms with E-state index in [4.69, 9.17) is 70.2 Å². The molecule has 9 N–H and O–H groups in total. The van der Waals surface area contributed by atoms with Gasteiger partial charge in [0.05, 0.1) is 33.0 Å². The fourth-order valence-electron chi connectivity index (χ4n) is 8.21. The van der Waals surface area contributed by atoms with Crippen LogP contribution < -0.4 is 16.4 Å². The summed E-state index contributed by atoms with van der Waals surface area (Å²) in [5, 5.41) is 42.8. The third-order valence-electron chi connectivity index (χ3n) is 13.9. The summed E-state index contributed by atoms with van der Waals surface area (Å²) in [6.45, 7) is 30.5. The van der Waals surface area contributed by atoms with Crippen LogP contribution in [0.5, 0.6) is 0 Å². The van der Waals surface area contributed by atoms with Gasteiger partial charge in [0, 0.05) is 194 Å². The summed E-state index contributed by atoms with van der Waals surface area (Å²) in [6.07, 6.45) is 12.6. The molecule has 0 bridgehead atoms. The largest absolute Gasteiger partial charge is 0.465 e. The minimum atomic E-state index is -0.555. The van der Waals surface area contributed by atoms with Gasteiger partial charge in [0.15, 0.2) is 0 Å². The van der Waals surface area contributed by atoms with E-state index in [2.05, 4.69) is 55.9 Å². The molecule has 2 aliphatic rings. The van der Waals surface area contributed by atoms with Crippen LogP contribution in [0.1, 0.15) is 151 Å². The van der Waals surface area contributed by atoms with Crippen LogP contribution in [0.15, 0.2) is 90.3 Å². The van der Waals surface area contributed by atoms with E-state index in [1.807, 2.05) is 90.6 Å². The highest BCUT2D eigenvalue weighted by Crippen LogP contribution is 2.29. The molecule has 106 heavy (non-hydrogen) atoms. The molecule has 606 valence electrons. The summed E-state index contributed by atoms with van der Waals surface area (Å²) >= 11 is 0. The molecule has 1 saturated heterocycles. The highest BCUT2D eigenvalue weighted by molar-refractivity contribution is 5.77. The standard InChI is InChI=1S/C15H27NO6.C12H21NO6.C12H19N.C9H19NO4.C7H10N2.C6H15NO3.C6H7N.C5H9NO.C4H5N/c1-4-13(17)20-10-7-16(8-11-21-14(18)5-2)9-12-22-15(19)6-3;1-10(14)17-7-4-13(5-8-18-11(2)15)6-9-19-12(3)16;1-8(2)10-6-5-7-11(9(3)4)12(10)13;1-9(2,3)14-8(13)10(4-6-11)5-7-12;1-9(2)7-3-5-8-6-4-7;8-4-1-7(2-5-9)3-6-10;7-6-4-2-1-3-5-6;1-6-4-2-3-5(6)7;1-2-4-5-3-1/h4-12H2,1-3H3;4-9H2,1-3H3;5-9H,13H2,1-4H3;11-12H,4-7H2,1-3H3;3-6H,1-2H3;8-10H,1-6H2;1-5H,7H2;2-4H2,1H3;1,3-4H,2H2. The summed E-state index contributed by atoms with van der Waals surface area (Å²) in [6, 6.07) is 19.8. The van der Waals surface area contributed by atoms with E-state index in [-0.39, 0.29) is 122 Å². The molecule has 5 rings (SSSR count). The zero-order valence-corrected chi connectivity index (χ0v) is 66.4. The third kappa shape index (κ3) is 65.2. The van der Waals surface area contributed by atoms with Gasteiger partial charge in [-0.15, -0.1) is 0 Å². The number of anilines is 3. The van der Waals surface area contributed by atoms with Gasteiger partial charge in [-0.1, -0.05) is 90.9 Å². The highest BCUT2D eigenvalue weighted by atomic mass is 16.6. The molecule has 0 spiro atoms. The molecule has 2 aliphatic heterocycles. The molecule has 30 heteroatoms. The lowest BCUT2D eigenvalue weighted by molar-refractivity contribution is -0.146. The summed E-state index contributed by atoms with van der Waals surface area (Å²) < 4.78 is 34.6. The number of para-hydroxylation sites is 2. The normalized spacial score (nSPS) is 11.4. The predicted molar refractivity (Wildman–Crippen MR) is 414 cm³/mol. The molecule has 0 atom stereocenters. The number of carbonyl (C=O) groups excluding carboxylic acids is 8. The lowest BCUT2D eigenvalue weighted by Crippen LogP contribution is -2.39. The van der Waals surface area contributed by atoms with Gasteiger partial charge >= 0.3 is 41.9 Å². The fourth-order valence-corrected chi connectivity index (χ4v) is 8.21. The van der Waals surface area contributed by atoms with E-state index in [9.17, 15) is 38.4 Å². The number of hydrogen-bond acceptors (Lipinski definition) is 28. The first-order chi connectivity index (χ1) is 50.2. The number of nitrogens with two attached hydrogens (primary N) is 2. The van der Waals surface area contributed by atoms with Gasteiger partial charge in [-0.2, -0.15) is 0 Å². The monoisotopic (exact) mass is 1500 g/mol. The van der Waals surface area contributed by atoms with E-state index < -0.39 is 11.7 Å². The molecule has 3 aromatic rings. The number of rotatable bonds is 34. The second-order valence-electron chi connectivity index (χ2n) is 24.9. The molecule has 0 aliphatic carbocycles. The number of allylic oxidation sites excluding steroid dienone is 1. The van der Waals surface area contributed by atoms with Crippen molar-refractivity contribution in [3.8, 4) is 0 Å². The number of likely N-dealkylation sites (tertiary alicyclic amines) is 1. The first kappa shape index (κ1) is 104. The summed E-state index contributed by atoms with van der Waals surface area (Å²) in [7, 11) is 5.86. The highest BCUT2D eigenvalue weighted by Gasteiger charge is 2.21. The van der Waals surface area contributed by atoms with Crippen molar-refractivity contribution in [2.24, 2.45) is 4.99 Å². The molecule has 0 radical (unpaired) electrons. The first-order valence-corrected chi connectivity index (χ1v) is 36.0. The molecule has 0 saturated carbocycles. The lowest BCUT2D eigenvalue weighted by atomic mass is 9.93. The molecule has 3 heterocycles. The van der Waals surface area contributed by atoms with Crippen LogP contribution >= 0.6 is 0 Å². The molecule has 2 amide bonds. The predicted octanol–water partition coefficient (Wildman–Crippen LogP) is 6.74. The van der Waals surface area contributed by atoms with Crippen LogP contribution in [-0.4, -0.2) is 287 Å². The van der Waals surface area contributed by atoms with Gasteiger partial charge in [0.1, 0.15) is 45.2 Å². The van der Waals surface area contributed by atoms with Crippen LogP contribution in [0, 0.1) is 0 Å². The number of nitrogens with zero attached hydrogens (tertiary/aromatic N) is 8. The molecule has 1 aromatic heterocycles.